The third kappa shape index (κ3) is 6.04. The maximum Gasteiger partial charge on any atom is 0.491 e. The Morgan fingerprint density at radius 2 is 2.03 bits per heavy atom. The molecule has 1 aromatic heterocycles. The molecule has 2 aromatic rings. The summed E-state index contributed by atoms with van der Waals surface area (Å²) in [5.74, 6) is -2.14. The number of nitrogens with zero attached hydrogens (tertiary/aromatic N) is 1. The molecule has 10 heteroatoms. The minimum atomic E-state index is -5.17. The number of ether oxygens (including phenoxy) is 2. The minimum Gasteiger partial charge on any atom is -0.492 e. The van der Waals surface area contributed by atoms with Crippen LogP contribution >= 0.6 is 15.9 Å². The Morgan fingerprint density at radius 3 is 2.79 bits per heavy atom. The van der Waals surface area contributed by atoms with Crippen molar-refractivity contribution in [2.75, 3.05) is 18.5 Å². The second kappa shape index (κ2) is 9.70. The zero-order valence-corrected chi connectivity index (χ0v) is 19.2. The van der Waals surface area contributed by atoms with Crippen LogP contribution in [0, 0.1) is 5.92 Å². The predicted molar refractivity (Wildman–Crippen MR) is 117 cm³/mol. The number of rotatable bonds is 7. The van der Waals surface area contributed by atoms with E-state index in [2.05, 4.69) is 37.0 Å². The average molecular weight is 527 g/mol. The molecule has 1 saturated carbocycles. The first-order valence-corrected chi connectivity index (χ1v) is 11.5. The second-order valence-electron chi connectivity index (χ2n) is 8.19. The molecule has 0 amide bonds. The fourth-order valence-corrected chi connectivity index (χ4v) is 4.45. The van der Waals surface area contributed by atoms with Gasteiger partial charge in [0.1, 0.15) is 11.6 Å². The molecule has 4 rings (SSSR count). The van der Waals surface area contributed by atoms with E-state index in [0.29, 0.717) is 25.2 Å². The van der Waals surface area contributed by atoms with Crippen molar-refractivity contribution in [3.8, 4) is 5.75 Å². The second-order valence-corrected chi connectivity index (χ2v) is 9.05. The lowest BCUT2D eigenvalue weighted by atomic mass is 10.1. The molecule has 0 saturated heterocycles. The van der Waals surface area contributed by atoms with Crippen molar-refractivity contribution in [2.45, 2.75) is 44.2 Å². The molecular weight excluding hydrogens is 505 g/mol. The number of carbonyl (C=O) groups is 2. The van der Waals surface area contributed by atoms with E-state index in [1.165, 1.54) is 5.56 Å². The summed E-state index contributed by atoms with van der Waals surface area (Å²) in [7, 11) is 0. The maximum atomic E-state index is 12.2. The molecule has 2 unspecified atom stereocenters. The van der Waals surface area contributed by atoms with Gasteiger partial charge in [-0.1, -0.05) is 12.1 Å². The number of benzene rings is 1. The normalized spacial score (nSPS) is 19.3. The van der Waals surface area contributed by atoms with E-state index in [-0.39, 0.29) is 18.3 Å². The minimum absolute atomic E-state index is 0.0242. The fraction of sp³-hybridized carbons (Fsp3) is 0.435. The van der Waals surface area contributed by atoms with Crippen LogP contribution in [0.4, 0.5) is 19.0 Å². The van der Waals surface area contributed by atoms with Gasteiger partial charge in [-0.2, -0.15) is 13.2 Å². The van der Waals surface area contributed by atoms with Crippen molar-refractivity contribution in [1.82, 2.24) is 4.98 Å². The van der Waals surface area contributed by atoms with Crippen LogP contribution in [-0.2, 0) is 27.2 Å². The molecule has 2 atom stereocenters. The number of esters is 2. The molecule has 2 heterocycles. The van der Waals surface area contributed by atoms with Gasteiger partial charge in [0.2, 0.25) is 0 Å². The Labute approximate surface area is 197 Å². The van der Waals surface area contributed by atoms with Crippen molar-refractivity contribution in [2.24, 2.45) is 5.92 Å². The lowest BCUT2D eigenvalue weighted by molar-refractivity contribution is -0.201. The molecule has 1 aliphatic carbocycles. The summed E-state index contributed by atoms with van der Waals surface area (Å²) in [5.41, 5.74) is 3.13. The van der Waals surface area contributed by atoms with Gasteiger partial charge < -0.3 is 14.8 Å². The summed E-state index contributed by atoms with van der Waals surface area (Å²) in [5, 5.41) is 3.32. The predicted octanol–water partition coefficient (Wildman–Crippen LogP) is 4.95. The number of nitrogens with one attached hydrogen (secondary N) is 1. The van der Waals surface area contributed by atoms with E-state index in [1.807, 2.05) is 24.3 Å². The number of hydrogen-bond donors (Lipinski definition) is 1. The van der Waals surface area contributed by atoms with Crippen LogP contribution in [0.2, 0.25) is 0 Å². The van der Waals surface area contributed by atoms with E-state index in [4.69, 9.17) is 4.74 Å². The van der Waals surface area contributed by atoms with Gasteiger partial charge in [-0.15, -0.1) is 0 Å². The number of halogens is 4. The van der Waals surface area contributed by atoms with Gasteiger partial charge in [-0.25, -0.2) is 9.78 Å². The molecule has 0 spiro atoms. The molecule has 1 N–H and O–H groups in total. The smallest absolute Gasteiger partial charge is 0.491 e. The largest absolute Gasteiger partial charge is 0.492 e. The van der Waals surface area contributed by atoms with Gasteiger partial charge in [0.25, 0.3) is 0 Å². The van der Waals surface area contributed by atoms with Gasteiger partial charge in [0, 0.05) is 25.1 Å². The molecule has 0 bridgehead atoms. The highest BCUT2D eigenvalue weighted by molar-refractivity contribution is 9.10. The van der Waals surface area contributed by atoms with Crippen LogP contribution in [0.1, 0.15) is 42.0 Å². The molecule has 1 fully saturated rings. The van der Waals surface area contributed by atoms with Crippen LogP contribution in [0.3, 0.4) is 0 Å². The van der Waals surface area contributed by atoms with E-state index >= 15 is 0 Å². The highest BCUT2D eigenvalue weighted by Gasteiger charge is 2.45. The first-order valence-electron chi connectivity index (χ1n) is 10.7. The first kappa shape index (κ1) is 23.5. The first-order chi connectivity index (χ1) is 15.7. The lowest BCUT2D eigenvalue weighted by Crippen LogP contribution is -2.28. The summed E-state index contributed by atoms with van der Waals surface area (Å²) < 4.78 is 47.1. The van der Waals surface area contributed by atoms with Gasteiger partial charge in [-0.05, 0) is 76.4 Å². The third-order valence-corrected chi connectivity index (χ3v) is 6.36. The summed E-state index contributed by atoms with van der Waals surface area (Å²) >= 11 is 3.49. The van der Waals surface area contributed by atoms with E-state index in [9.17, 15) is 22.8 Å². The standard InChI is InChI=1S/C23H22BrF3N2O4/c24-18-11-14(17-10-15(17)12-20(30)33-22(31)23(25,26)27)4-6-19(18)32-9-7-16-5-3-13-2-1-8-28-21(13)29-16/h3-6,11,15,17H,1-2,7-10,12H2,(H,28,29). The number of fused-ring (bicyclic) bond motifs is 1. The van der Waals surface area contributed by atoms with Crippen molar-refractivity contribution in [3.63, 3.8) is 0 Å². The lowest BCUT2D eigenvalue weighted by Gasteiger charge is -2.17. The van der Waals surface area contributed by atoms with Crippen LogP contribution in [0.25, 0.3) is 0 Å². The quantitative estimate of drug-likeness (QED) is 0.406. The Kier molecular flexibility index (Phi) is 6.92. The Balaban J connectivity index is 1.26. The van der Waals surface area contributed by atoms with Gasteiger partial charge in [0.05, 0.1) is 11.1 Å². The van der Waals surface area contributed by atoms with Crippen molar-refractivity contribution < 1.29 is 32.2 Å². The van der Waals surface area contributed by atoms with E-state index < -0.39 is 18.1 Å². The number of carbonyl (C=O) groups excluding carboxylic acids is 2. The Hall–Kier alpha value is -2.62. The number of anilines is 1. The summed E-state index contributed by atoms with van der Waals surface area (Å²) in [6.07, 6.45) is -1.95. The Bertz CT molecular complexity index is 1060. The fourth-order valence-electron chi connectivity index (χ4n) is 3.94. The number of aryl methyl sites for hydroxylation is 1. The van der Waals surface area contributed by atoms with Crippen molar-refractivity contribution >= 4 is 33.7 Å². The monoisotopic (exact) mass is 526 g/mol. The van der Waals surface area contributed by atoms with E-state index in [0.717, 1.165) is 40.9 Å². The molecule has 176 valence electrons. The zero-order valence-electron chi connectivity index (χ0n) is 17.6. The molecule has 6 nitrogen and oxygen atoms in total. The molecule has 0 radical (unpaired) electrons. The van der Waals surface area contributed by atoms with Gasteiger partial charge >= 0.3 is 18.1 Å². The highest BCUT2D eigenvalue weighted by atomic mass is 79.9. The van der Waals surface area contributed by atoms with Crippen molar-refractivity contribution in [3.05, 3.63) is 51.6 Å². The highest BCUT2D eigenvalue weighted by Crippen LogP contribution is 2.50. The van der Waals surface area contributed by atoms with Crippen LogP contribution in [0.5, 0.6) is 5.75 Å². The summed E-state index contributed by atoms with van der Waals surface area (Å²) in [4.78, 5) is 27.0. The third-order valence-electron chi connectivity index (χ3n) is 5.74. The van der Waals surface area contributed by atoms with Crippen LogP contribution < -0.4 is 10.1 Å². The van der Waals surface area contributed by atoms with Crippen molar-refractivity contribution in [1.29, 1.82) is 0 Å². The van der Waals surface area contributed by atoms with Crippen LogP contribution in [-0.4, -0.2) is 36.3 Å². The average Bonchev–Trinajstić information content (AvgIpc) is 3.53. The topological polar surface area (TPSA) is 77.5 Å². The zero-order chi connectivity index (χ0) is 23.6. The van der Waals surface area contributed by atoms with Gasteiger partial charge in [-0.3, -0.25) is 4.79 Å². The molecule has 33 heavy (non-hydrogen) atoms. The maximum absolute atomic E-state index is 12.2. The number of aromatic nitrogens is 1. The summed E-state index contributed by atoms with van der Waals surface area (Å²) in [6.45, 7) is 1.39. The Morgan fingerprint density at radius 1 is 1.21 bits per heavy atom. The molecule has 1 aliphatic heterocycles. The molecule has 2 aliphatic rings. The van der Waals surface area contributed by atoms with Crippen LogP contribution in [0.15, 0.2) is 34.8 Å². The number of hydrogen-bond acceptors (Lipinski definition) is 6. The van der Waals surface area contributed by atoms with E-state index in [1.54, 1.807) is 0 Å². The van der Waals surface area contributed by atoms with Gasteiger partial charge in [0.15, 0.2) is 0 Å². The number of pyridine rings is 1. The summed E-state index contributed by atoms with van der Waals surface area (Å²) in [6, 6.07) is 9.71. The molecule has 1 aromatic carbocycles. The molecular formula is C23H22BrF3N2O4. The number of alkyl halides is 3. The SMILES string of the molecule is O=C(CC1CC1c1ccc(OCCc2ccc3c(n2)NCCC3)c(Br)c1)OC(=O)C(F)(F)F.